The first-order valence-corrected chi connectivity index (χ1v) is 5.78. The van der Waals surface area contributed by atoms with Gasteiger partial charge >= 0.3 is 0 Å². The lowest BCUT2D eigenvalue weighted by atomic mass is 10.1. The summed E-state index contributed by atoms with van der Waals surface area (Å²) in [5.41, 5.74) is 1.63. The van der Waals surface area contributed by atoms with Crippen LogP contribution in [0.25, 0.3) is 0 Å². The molecular formula is C9H11ClNO3S-. The molecule has 0 aromatic carbocycles. The second-order valence-corrected chi connectivity index (χ2v) is 4.49. The molecule has 0 aromatic heterocycles. The van der Waals surface area contributed by atoms with E-state index in [0.717, 1.165) is 0 Å². The third-order valence-electron chi connectivity index (χ3n) is 2.43. The van der Waals surface area contributed by atoms with Gasteiger partial charge in [-0.2, -0.15) is 0 Å². The van der Waals surface area contributed by atoms with Gasteiger partial charge in [0.05, 0.1) is 5.03 Å². The molecule has 4 nitrogen and oxygen atoms in total. The molecule has 0 aliphatic carbocycles. The van der Waals surface area contributed by atoms with E-state index < -0.39 is 11.3 Å². The molecule has 0 spiro atoms. The average Bonchev–Trinajstić information content (AvgIpc) is 2.30. The maximum atomic E-state index is 10.9. The van der Waals surface area contributed by atoms with Crippen LogP contribution in [0.3, 0.4) is 0 Å². The van der Waals surface area contributed by atoms with E-state index in [-0.39, 0.29) is 6.54 Å². The highest BCUT2D eigenvalue weighted by Gasteiger charge is 2.18. The van der Waals surface area contributed by atoms with Gasteiger partial charge < -0.3 is 8.86 Å². The number of nitrogens with zero attached hydrogens (tertiary/aromatic N) is 1. The smallest absolute Gasteiger partial charge is 0.147 e. The Morgan fingerprint density at radius 1 is 1.53 bits per heavy atom. The minimum atomic E-state index is -2.32. The first kappa shape index (κ1) is 12.4. The molecule has 1 aliphatic rings. The molecule has 1 aliphatic heterocycles. The Morgan fingerprint density at radius 3 is 2.60 bits per heavy atom. The minimum Gasteiger partial charge on any atom is -0.755 e. The van der Waals surface area contributed by atoms with Crippen molar-refractivity contribution in [2.24, 2.45) is 0 Å². The first-order valence-electron chi connectivity index (χ1n) is 4.37. The summed E-state index contributed by atoms with van der Waals surface area (Å²) in [6.07, 6.45) is 1.02. The van der Waals surface area contributed by atoms with Gasteiger partial charge in [0.2, 0.25) is 0 Å². The van der Waals surface area contributed by atoms with Crippen LogP contribution in [0.4, 0.5) is 0 Å². The quantitative estimate of drug-likeness (QED) is 0.549. The summed E-state index contributed by atoms with van der Waals surface area (Å²) >= 11 is 3.64. The Labute approximate surface area is 96.0 Å². The molecule has 6 heteroatoms. The standard InChI is InChI=1S/C9H12ClNO3S/c1-6-7(2)11(15(13)14)4-3-8(5-12)9(6)10/h5H,3-4H2,1-2H3,(H,13,14)/p-1. The van der Waals surface area contributed by atoms with E-state index in [0.29, 0.717) is 34.6 Å². The molecule has 0 amide bonds. The number of carbonyl (C=O) groups is 1. The molecule has 0 aromatic rings. The molecule has 0 fully saturated rings. The number of aldehydes is 1. The molecule has 0 N–H and O–H groups in total. The second kappa shape index (κ2) is 4.92. The topological polar surface area (TPSA) is 60.4 Å². The van der Waals surface area contributed by atoms with Crippen LogP contribution in [0.15, 0.2) is 21.9 Å². The van der Waals surface area contributed by atoms with Gasteiger partial charge in [0.1, 0.15) is 6.29 Å². The van der Waals surface area contributed by atoms with Crippen LogP contribution in [0.2, 0.25) is 0 Å². The number of hydrogen-bond acceptors (Lipinski definition) is 3. The highest BCUT2D eigenvalue weighted by Crippen LogP contribution is 2.28. The van der Waals surface area contributed by atoms with Crippen LogP contribution >= 0.6 is 11.6 Å². The average molecular weight is 249 g/mol. The molecular weight excluding hydrogens is 238 g/mol. The normalized spacial score (nSPS) is 20.4. The Morgan fingerprint density at radius 2 is 2.13 bits per heavy atom. The lowest BCUT2D eigenvalue weighted by Gasteiger charge is -2.26. The molecule has 1 atom stereocenters. The lowest BCUT2D eigenvalue weighted by molar-refractivity contribution is -0.105. The maximum Gasteiger partial charge on any atom is 0.147 e. The van der Waals surface area contributed by atoms with Crippen LogP contribution in [-0.2, 0) is 16.1 Å². The van der Waals surface area contributed by atoms with Crippen molar-refractivity contribution in [2.45, 2.75) is 20.3 Å². The predicted octanol–water partition coefficient (Wildman–Crippen LogP) is 1.47. The Kier molecular flexibility index (Phi) is 4.07. The number of allylic oxidation sites excluding steroid dienone is 3. The van der Waals surface area contributed by atoms with Gasteiger partial charge in [0.25, 0.3) is 0 Å². The van der Waals surface area contributed by atoms with E-state index in [2.05, 4.69) is 0 Å². The third kappa shape index (κ3) is 2.48. The summed E-state index contributed by atoms with van der Waals surface area (Å²) in [6, 6.07) is 0. The van der Waals surface area contributed by atoms with Crippen LogP contribution < -0.4 is 0 Å². The first-order chi connectivity index (χ1) is 6.99. The van der Waals surface area contributed by atoms with Gasteiger partial charge in [-0.15, -0.1) is 0 Å². The molecule has 15 heavy (non-hydrogen) atoms. The number of rotatable bonds is 2. The van der Waals surface area contributed by atoms with E-state index in [1.807, 2.05) is 0 Å². The van der Waals surface area contributed by atoms with Crippen LogP contribution in [-0.4, -0.2) is 25.9 Å². The van der Waals surface area contributed by atoms with Crippen molar-refractivity contribution in [3.63, 3.8) is 0 Å². The monoisotopic (exact) mass is 248 g/mol. The summed E-state index contributed by atoms with van der Waals surface area (Å²) in [4.78, 5) is 10.7. The zero-order valence-corrected chi connectivity index (χ0v) is 10.0. The van der Waals surface area contributed by atoms with Crippen LogP contribution in [0.5, 0.6) is 0 Å². The van der Waals surface area contributed by atoms with Crippen molar-refractivity contribution in [2.75, 3.05) is 6.54 Å². The summed E-state index contributed by atoms with van der Waals surface area (Å²) < 4.78 is 23.0. The number of carbonyl (C=O) groups excluding carboxylic acids is 1. The van der Waals surface area contributed by atoms with Gasteiger partial charge in [-0.05, 0) is 25.8 Å². The predicted molar refractivity (Wildman–Crippen MR) is 57.6 cm³/mol. The van der Waals surface area contributed by atoms with Crippen LogP contribution in [0, 0.1) is 0 Å². The van der Waals surface area contributed by atoms with Gasteiger partial charge in [0, 0.05) is 29.1 Å². The Balaban J connectivity index is 3.18. The van der Waals surface area contributed by atoms with E-state index in [1.54, 1.807) is 13.8 Å². The van der Waals surface area contributed by atoms with Crippen molar-refractivity contribution in [3.05, 3.63) is 21.9 Å². The van der Waals surface area contributed by atoms with Crippen LogP contribution in [0.1, 0.15) is 20.3 Å². The molecule has 84 valence electrons. The number of halogens is 1. The highest BCUT2D eigenvalue weighted by atomic mass is 35.5. The summed E-state index contributed by atoms with van der Waals surface area (Å²) in [5.74, 6) is 0. The van der Waals surface area contributed by atoms with Crippen molar-refractivity contribution in [1.82, 2.24) is 4.31 Å². The maximum absolute atomic E-state index is 10.9. The van der Waals surface area contributed by atoms with E-state index in [9.17, 15) is 13.6 Å². The van der Waals surface area contributed by atoms with Crippen molar-refractivity contribution in [3.8, 4) is 0 Å². The Bertz CT molecular complexity index is 376. The summed E-state index contributed by atoms with van der Waals surface area (Å²) in [6.45, 7) is 3.62. The largest absolute Gasteiger partial charge is 0.755 e. The highest BCUT2D eigenvalue weighted by molar-refractivity contribution is 7.76. The van der Waals surface area contributed by atoms with Gasteiger partial charge in [-0.25, -0.2) is 0 Å². The van der Waals surface area contributed by atoms with Crippen molar-refractivity contribution >= 4 is 29.2 Å². The SMILES string of the molecule is CC1=C(C)N(S(=O)[O-])CCC(C=O)=C1Cl. The van der Waals surface area contributed by atoms with Gasteiger partial charge in [0.15, 0.2) is 0 Å². The lowest BCUT2D eigenvalue weighted by Crippen LogP contribution is -2.25. The van der Waals surface area contributed by atoms with Gasteiger partial charge in [-0.1, -0.05) is 11.6 Å². The summed E-state index contributed by atoms with van der Waals surface area (Å²) in [5, 5.41) is 0.357. The molecule has 0 saturated heterocycles. The molecule has 0 bridgehead atoms. The van der Waals surface area contributed by atoms with Gasteiger partial charge in [-0.3, -0.25) is 9.00 Å². The summed E-state index contributed by atoms with van der Waals surface area (Å²) in [7, 11) is 0. The minimum absolute atomic E-state index is 0.254. The zero-order valence-electron chi connectivity index (χ0n) is 8.45. The molecule has 1 unspecified atom stereocenters. The van der Waals surface area contributed by atoms with Crippen molar-refractivity contribution < 1.29 is 13.6 Å². The Hall–Kier alpha value is -0.650. The fourth-order valence-corrected chi connectivity index (χ4v) is 2.26. The fourth-order valence-electron chi connectivity index (χ4n) is 1.38. The second-order valence-electron chi connectivity index (χ2n) is 3.24. The van der Waals surface area contributed by atoms with E-state index >= 15 is 0 Å². The zero-order chi connectivity index (χ0) is 11.6. The molecule has 0 saturated carbocycles. The van der Waals surface area contributed by atoms with Crippen molar-refractivity contribution in [1.29, 1.82) is 0 Å². The molecule has 1 heterocycles. The molecule has 0 radical (unpaired) electrons. The number of hydrogen-bond donors (Lipinski definition) is 0. The van der Waals surface area contributed by atoms with E-state index in [1.165, 1.54) is 4.31 Å². The molecule has 1 rings (SSSR count). The third-order valence-corrected chi connectivity index (χ3v) is 3.78. The van der Waals surface area contributed by atoms with E-state index in [4.69, 9.17) is 11.6 Å². The fraction of sp³-hybridized carbons (Fsp3) is 0.444.